The van der Waals surface area contributed by atoms with Crippen molar-refractivity contribution in [1.82, 2.24) is 25.4 Å². The molecule has 2 aromatic rings. The Labute approximate surface area is 167 Å². The van der Waals surface area contributed by atoms with Crippen LogP contribution in [0.1, 0.15) is 50.3 Å². The minimum atomic E-state index is 0.0307. The largest absolute Gasteiger partial charge is 0.489 e. The van der Waals surface area contributed by atoms with Gasteiger partial charge in [0.1, 0.15) is 17.7 Å². The summed E-state index contributed by atoms with van der Waals surface area (Å²) < 4.78 is 7.99. The monoisotopic (exact) mass is 384 g/mol. The van der Waals surface area contributed by atoms with Crippen molar-refractivity contribution < 1.29 is 4.74 Å². The summed E-state index contributed by atoms with van der Waals surface area (Å²) in [5.41, 5.74) is 1.23. The van der Waals surface area contributed by atoms with E-state index in [1.807, 2.05) is 16.8 Å². The highest BCUT2D eigenvalue weighted by molar-refractivity contribution is 5.80. The molecule has 0 radical (unpaired) electrons. The van der Waals surface area contributed by atoms with Crippen LogP contribution in [0.3, 0.4) is 0 Å². The van der Waals surface area contributed by atoms with Crippen molar-refractivity contribution in [1.29, 1.82) is 0 Å². The number of aliphatic imine (C=N–C) groups is 1. The van der Waals surface area contributed by atoms with E-state index in [4.69, 9.17) is 4.74 Å². The zero-order chi connectivity index (χ0) is 20.1. The summed E-state index contributed by atoms with van der Waals surface area (Å²) in [6.45, 7) is 9.86. The van der Waals surface area contributed by atoms with Gasteiger partial charge in [-0.3, -0.25) is 4.99 Å². The van der Waals surface area contributed by atoms with Gasteiger partial charge < -0.3 is 15.4 Å². The molecule has 2 heterocycles. The summed E-state index contributed by atoms with van der Waals surface area (Å²) in [6.07, 6.45) is 1.98. The van der Waals surface area contributed by atoms with Gasteiger partial charge in [0.2, 0.25) is 0 Å². The quantitative estimate of drug-likeness (QED) is 0.591. The van der Waals surface area contributed by atoms with Crippen LogP contribution in [0.4, 0.5) is 0 Å². The summed E-state index contributed by atoms with van der Waals surface area (Å²) in [5.74, 6) is 4.05. The van der Waals surface area contributed by atoms with Gasteiger partial charge in [0.15, 0.2) is 11.8 Å². The predicted molar refractivity (Wildman–Crippen MR) is 112 cm³/mol. The Bertz CT molecular complexity index is 796. The fourth-order valence-corrected chi connectivity index (χ4v) is 3.21. The molecule has 0 saturated heterocycles. The number of fused-ring (bicyclic) bond motifs is 1. The number of hydrogen-bond donors (Lipinski definition) is 2. The van der Waals surface area contributed by atoms with Crippen LogP contribution in [0.2, 0.25) is 0 Å². The molecule has 28 heavy (non-hydrogen) atoms. The van der Waals surface area contributed by atoms with E-state index >= 15 is 0 Å². The fraction of sp³-hybridized carbons (Fsp3) is 0.571. The predicted octanol–water partition coefficient (Wildman–Crippen LogP) is 2.66. The third-order valence-corrected chi connectivity index (χ3v) is 4.87. The SMILES string of the molecule is CN=C(NCC(C)Oc1ccc(C)cc1)NC1CCc2nc(C(C)C)nn2C1. The van der Waals surface area contributed by atoms with Crippen LogP contribution in [-0.4, -0.2) is 46.5 Å². The van der Waals surface area contributed by atoms with E-state index in [1.54, 1.807) is 7.05 Å². The lowest BCUT2D eigenvalue weighted by molar-refractivity contribution is 0.223. The Morgan fingerprint density at radius 2 is 2.04 bits per heavy atom. The second kappa shape index (κ2) is 9.08. The number of nitrogens with one attached hydrogen (secondary N) is 2. The van der Waals surface area contributed by atoms with Crippen LogP contribution < -0.4 is 15.4 Å². The van der Waals surface area contributed by atoms with Gasteiger partial charge in [-0.05, 0) is 32.4 Å². The van der Waals surface area contributed by atoms with Crippen molar-refractivity contribution in [3.05, 3.63) is 41.5 Å². The molecule has 1 aromatic carbocycles. The molecule has 2 atom stereocenters. The first kappa shape index (κ1) is 20.2. The Balaban J connectivity index is 1.48. The topological polar surface area (TPSA) is 76.4 Å². The fourth-order valence-electron chi connectivity index (χ4n) is 3.21. The van der Waals surface area contributed by atoms with E-state index in [9.17, 15) is 0 Å². The summed E-state index contributed by atoms with van der Waals surface area (Å²) in [6, 6.07) is 8.41. The number of rotatable bonds is 6. The van der Waals surface area contributed by atoms with Crippen LogP contribution in [0.15, 0.2) is 29.3 Å². The molecule has 7 nitrogen and oxygen atoms in total. The molecule has 0 saturated carbocycles. The minimum absolute atomic E-state index is 0.0307. The van der Waals surface area contributed by atoms with Crippen molar-refractivity contribution >= 4 is 5.96 Å². The van der Waals surface area contributed by atoms with Crippen molar-refractivity contribution in [2.24, 2.45) is 4.99 Å². The second-order valence-electron chi connectivity index (χ2n) is 7.80. The Morgan fingerprint density at radius 1 is 1.29 bits per heavy atom. The third-order valence-electron chi connectivity index (χ3n) is 4.87. The van der Waals surface area contributed by atoms with Gasteiger partial charge >= 0.3 is 0 Å². The number of aromatic nitrogens is 3. The molecule has 1 aromatic heterocycles. The molecule has 0 aliphatic carbocycles. The highest BCUT2D eigenvalue weighted by Gasteiger charge is 2.23. The molecule has 0 fully saturated rings. The first-order chi connectivity index (χ1) is 13.4. The smallest absolute Gasteiger partial charge is 0.191 e. The van der Waals surface area contributed by atoms with Crippen LogP contribution in [0, 0.1) is 6.92 Å². The lowest BCUT2D eigenvalue weighted by atomic mass is 10.1. The molecule has 0 amide bonds. The van der Waals surface area contributed by atoms with Crippen LogP contribution in [0.25, 0.3) is 0 Å². The molecule has 2 N–H and O–H groups in total. The number of benzene rings is 1. The van der Waals surface area contributed by atoms with Crippen molar-refractivity contribution in [2.45, 2.75) is 65.1 Å². The van der Waals surface area contributed by atoms with Gasteiger partial charge in [-0.1, -0.05) is 31.5 Å². The van der Waals surface area contributed by atoms with Crippen LogP contribution >= 0.6 is 0 Å². The van der Waals surface area contributed by atoms with Gasteiger partial charge in [0, 0.05) is 25.4 Å². The zero-order valence-corrected chi connectivity index (χ0v) is 17.6. The van der Waals surface area contributed by atoms with Crippen molar-refractivity contribution in [3.63, 3.8) is 0 Å². The molecule has 0 spiro atoms. The third kappa shape index (κ3) is 5.24. The molecule has 152 valence electrons. The molecule has 1 aliphatic rings. The first-order valence-corrected chi connectivity index (χ1v) is 10.1. The lowest BCUT2D eigenvalue weighted by Crippen LogP contribution is -2.48. The average Bonchev–Trinajstić information content (AvgIpc) is 3.10. The Hall–Kier alpha value is -2.57. The maximum absolute atomic E-state index is 5.96. The van der Waals surface area contributed by atoms with Gasteiger partial charge in [-0.25, -0.2) is 9.67 Å². The molecule has 3 rings (SSSR count). The summed E-state index contributed by atoms with van der Waals surface area (Å²) in [4.78, 5) is 9.01. The molecular formula is C21H32N6O. The number of aryl methyl sites for hydroxylation is 2. The maximum atomic E-state index is 5.96. The zero-order valence-electron chi connectivity index (χ0n) is 17.6. The number of hydrogen-bond acceptors (Lipinski definition) is 4. The van der Waals surface area contributed by atoms with Crippen LogP contribution in [-0.2, 0) is 13.0 Å². The summed E-state index contributed by atoms with van der Waals surface area (Å²) in [5, 5.41) is 11.5. The van der Waals surface area contributed by atoms with E-state index in [-0.39, 0.29) is 12.1 Å². The number of nitrogens with zero attached hydrogens (tertiary/aromatic N) is 4. The second-order valence-corrected chi connectivity index (χ2v) is 7.80. The Morgan fingerprint density at radius 3 is 2.71 bits per heavy atom. The highest BCUT2D eigenvalue weighted by Crippen LogP contribution is 2.17. The minimum Gasteiger partial charge on any atom is -0.489 e. The molecule has 0 bridgehead atoms. The maximum Gasteiger partial charge on any atom is 0.191 e. The standard InChI is InChI=1S/C21H32N6O/c1-14(2)20-25-19-11-8-17(13-27(19)26-20)24-21(22-5)23-12-16(4)28-18-9-6-15(3)7-10-18/h6-7,9-10,14,16-17H,8,11-13H2,1-5H3,(H2,22,23,24). The number of ether oxygens (including phenoxy) is 1. The first-order valence-electron chi connectivity index (χ1n) is 10.1. The van der Waals surface area contributed by atoms with Gasteiger partial charge in [0.05, 0.1) is 13.1 Å². The molecule has 7 heteroatoms. The highest BCUT2D eigenvalue weighted by atomic mass is 16.5. The normalized spacial score (nSPS) is 17.9. The van der Waals surface area contributed by atoms with E-state index in [1.165, 1.54) is 5.56 Å². The van der Waals surface area contributed by atoms with Gasteiger partial charge in [0.25, 0.3) is 0 Å². The molecular weight excluding hydrogens is 352 g/mol. The molecule has 1 aliphatic heterocycles. The average molecular weight is 385 g/mol. The van der Waals surface area contributed by atoms with Crippen LogP contribution in [0.5, 0.6) is 5.75 Å². The summed E-state index contributed by atoms with van der Waals surface area (Å²) >= 11 is 0. The van der Waals surface area contributed by atoms with E-state index in [0.717, 1.165) is 42.7 Å². The Kier molecular flexibility index (Phi) is 6.54. The van der Waals surface area contributed by atoms with E-state index in [0.29, 0.717) is 12.5 Å². The lowest BCUT2D eigenvalue weighted by Gasteiger charge is -2.26. The van der Waals surface area contributed by atoms with E-state index in [2.05, 4.69) is 65.5 Å². The van der Waals surface area contributed by atoms with Crippen molar-refractivity contribution in [3.8, 4) is 5.75 Å². The summed E-state index contributed by atoms with van der Waals surface area (Å²) in [7, 11) is 1.79. The van der Waals surface area contributed by atoms with Crippen molar-refractivity contribution in [2.75, 3.05) is 13.6 Å². The number of guanidine groups is 1. The van der Waals surface area contributed by atoms with Gasteiger partial charge in [-0.15, -0.1) is 0 Å². The van der Waals surface area contributed by atoms with Gasteiger partial charge in [-0.2, -0.15) is 5.10 Å². The molecule has 2 unspecified atom stereocenters. The van der Waals surface area contributed by atoms with E-state index < -0.39 is 0 Å².